The van der Waals surface area contributed by atoms with Crippen LogP contribution in [0.15, 0.2) is 0 Å². The second kappa shape index (κ2) is 4.65. The van der Waals surface area contributed by atoms with E-state index in [1.807, 2.05) is 13.8 Å². The van der Waals surface area contributed by atoms with Gasteiger partial charge in [0.05, 0.1) is 11.7 Å². The molecule has 2 N–H and O–H groups in total. The Kier molecular flexibility index (Phi) is 4.14. The minimum absolute atomic E-state index is 0.150. The van der Waals surface area contributed by atoms with E-state index in [1.54, 1.807) is 0 Å². The van der Waals surface area contributed by atoms with Crippen molar-refractivity contribution in [3.63, 3.8) is 0 Å². The SMILES string of the molecule is CC(C)(O)[C@@H]1C[C@@H](O[Si](C)(C)C(C)(C)C)CN1. The predicted molar refractivity (Wildman–Crippen MR) is 74.8 cm³/mol. The van der Waals surface area contributed by atoms with Gasteiger partial charge in [-0.2, -0.15) is 0 Å². The lowest BCUT2D eigenvalue weighted by Crippen LogP contribution is -2.44. The fraction of sp³-hybridized carbons (Fsp3) is 1.00. The number of hydrogen-bond acceptors (Lipinski definition) is 3. The van der Waals surface area contributed by atoms with Crippen molar-refractivity contribution in [1.82, 2.24) is 5.32 Å². The Morgan fingerprint density at radius 2 is 1.71 bits per heavy atom. The van der Waals surface area contributed by atoms with Crippen molar-refractivity contribution in [2.24, 2.45) is 0 Å². The number of rotatable bonds is 3. The first-order valence-electron chi connectivity index (χ1n) is 6.57. The molecule has 17 heavy (non-hydrogen) atoms. The van der Waals surface area contributed by atoms with E-state index in [1.165, 1.54) is 0 Å². The molecular formula is C13H29NO2Si. The molecule has 0 saturated carbocycles. The molecular weight excluding hydrogens is 230 g/mol. The van der Waals surface area contributed by atoms with E-state index < -0.39 is 13.9 Å². The summed E-state index contributed by atoms with van der Waals surface area (Å²) in [6.45, 7) is 15.9. The average Bonchev–Trinajstić information content (AvgIpc) is 2.48. The predicted octanol–water partition coefficient (Wildman–Crippen LogP) is 2.51. The van der Waals surface area contributed by atoms with Crippen LogP contribution in [-0.2, 0) is 4.43 Å². The van der Waals surface area contributed by atoms with Gasteiger partial charge in [-0.1, -0.05) is 20.8 Å². The monoisotopic (exact) mass is 259 g/mol. The van der Waals surface area contributed by atoms with Gasteiger partial charge < -0.3 is 14.8 Å². The van der Waals surface area contributed by atoms with Crippen LogP contribution in [0.4, 0.5) is 0 Å². The maximum absolute atomic E-state index is 9.99. The van der Waals surface area contributed by atoms with Gasteiger partial charge in [0.15, 0.2) is 8.32 Å². The highest BCUT2D eigenvalue weighted by Crippen LogP contribution is 2.38. The van der Waals surface area contributed by atoms with Crippen LogP contribution >= 0.6 is 0 Å². The summed E-state index contributed by atoms with van der Waals surface area (Å²) < 4.78 is 6.35. The average molecular weight is 259 g/mol. The molecule has 2 atom stereocenters. The standard InChI is InChI=1S/C13H29NO2Si/c1-12(2,3)17(6,7)16-10-8-11(14-9-10)13(4,5)15/h10-11,14-15H,8-9H2,1-7H3/t10-,11+/m1/s1. The zero-order valence-corrected chi connectivity index (χ0v) is 13.4. The van der Waals surface area contributed by atoms with Crippen molar-refractivity contribution in [3.8, 4) is 0 Å². The molecule has 1 saturated heterocycles. The number of aliphatic hydroxyl groups is 1. The molecule has 1 aliphatic heterocycles. The van der Waals surface area contributed by atoms with Gasteiger partial charge in [0, 0.05) is 12.6 Å². The summed E-state index contributed by atoms with van der Waals surface area (Å²) >= 11 is 0. The summed E-state index contributed by atoms with van der Waals surface area (Å²) in [6.07, 6.45) is 1.17. The van der Waals surface area contributed by atoms with Crippen molar-refractivity contribution in [2.75, 3.05) is 6.54 Å². The molecule has 0 aliphatic carbocycles. The molecule has 4 heteroatoms. The molecule has 0 aromatic heterocycles. The van der Waals surface area contributed by atoms with Crippen LogP contribution in [0.2, 0.25) is 18.1 Å². The van der Waals surface area contributed by atoms with Crippen LogP contribution in [-0.4, -0.2) is 37.7 Å². The van der Waals surface area contributed by atoms with E-state index in [0.29, 0.717) is 0 Å². The zero-order chi connectivity index (χ0) is 13.5. The second-order valence-electron chi connectivity index (χ2n) is 7.35. The number of hydrogen-bond donors (Lipinski definition) is 2. The quantitative estimate of drug-likeness (QED) is 0.765. The summed E-state index contributed by atoms with van der Waals surface area (Å²) in [6, 6.07) is 0.150. The van der Waals surface area contributed by atoms with Crippen molar-refractivity contribution >= 4 is 8.32 Å². The van der Waals surface area contributed by atoms with E-state index in [0.717, 1.165) is 13.0 Å². The first-order chi connectivity index (χ1) is 7.43. The maximum Gasteiger partial charge on any atom is 0.192 e. The molecule has 0 aromatic carbocycles. The van der Waals surface area contributed by atoms with Gasteiger partial charge in [-0.05, 0) is 38.4 Å². The third-order valence-electron chi connectivity index (χ3n) is 4.21. The van der Waals surface area contributed by atoms with Gasteiger partial charge in [-0.25, -0.2) is 0 Å². The van der Waals surface area contributed by atoms with E-state index >= 15 is 0 Å². The molecule has 1 heterocycles. The molecule has 3 nitrogen and oxygen atoms in total. The Labute approximate surface area is 107 Å². The third-order valence-corrected chi connectivity index (χ3v) is 8.75. The molecule has 0 unspecified atom stereocenters. The van der Waals surface area contributed by atoms with Crippen LogP contribution in [0.25, 0.3) is 0 Å². The van der Waals surface area contributed by atoms with Gasteiger partial charge >= 0.3 is 0 Å². The lowest BCUT2D eigenvalue weighted by molar-refractivity contribution is 0.0407. The Bertz CT molecular complexity index is 266. The van der Waals surface area contributed by atoms with Gasteiger partial charge in [-0.15, -0.1) is 0 Å². The Hall–Kier alpha value is 0.0969. The van der Waals surface area contributed by atoms with Crippen molar-refractivity contribution in [1.29, 1.82) is 0 Å². The summed E-state index contributed by atoms with van der Waals surface area (Å²) in [7, 11) is -1.68. The Morgan fingerprint density at radius 3 is 2.06 bits per heavy atom. The molecule has 0 spiro atoms. The Balaban J connectivity index is 2.57. The summed E-state index contributed by atoms with van der Waals surface area (Å²) in [5, 5.41) is 13.6. The minimum atomic E-state index is -1.68. The van der Waals surface area contributed by atoms with Gasteiger partial charge in [0.2, 0.25) is 0 Å². The fourth-order valence-electron chi connectivity index (χ4n) is 1.92. The van der Waals surface area contributed by atoms with Gasteiger partial charge in [-0.3, -0.25) is 0 Å². The second-order valence-corrected chi connectivity index (χ2v) is 12.1. The van der Waals surface area contributed by atoms with Crippen LogP contribution in [0, 0.1) is 0 Å². The largest absolute Gasteiger partial charge is 0.413 e. The molecule has 1 aliphatic rings. The maximum atomic E-state index is 9.99. The molecule has 0 bridgehead atoms. The molecule has 0 radical (unpaired) electrons. The van der Waals surface area contributed by atoms with Crippen molar-refractivity contribution in [2.45, 2.75) is 76.9 Å². The highest BCUT2D eigenvalue weighted by molar-refractivity contribution is 6.74. The molecule has 102 valence electrons. The third kappa shape index (κ3) is 3.78. The summed E-state index contributed by atoms with van der Waals surface area (Å²) in [4.78, 5) is 0. The number of nitrogens with one attached hydrogen (secondary N) is 1. The molecule has 1 rings (SSSR count). The summed E-state index contributed by atoms with van der Waals surface area (Å²) in [5.74, 6) is 0. The zero-order valence-electron chi connectivity index (χ0n) is 12.4. The molecule has 1 fully saturated rings. The highest BCUT2D eigenvalue weighted by Gasteiger charge is 2.42. The Morgan fingerprint density at radius 1 is 1.18 bits per heavy atom. The first-order valence-corrected chi connectivity index (χ1v) is 9.48. The lowest BCUT2D eigenvalue weighted by Gasteiger charge is -2.38. The van der Waals surface area contributed by atoms with Crippen molar-refractivity contribution in [3.05, 3.63) is 0 Å². The van der Waals surface area contributed by atoms with Crippen LogP contribution in [0.5, 0.6) is 0 Å². The molecule has 0 aromatic rings. The first kappa shape index (κ1) is 15.2. The van der Waals surface area contributed by atoms with E-state index in [9.17, 15) is 5.11 Å². The van der Waals surface area contributed by atoms with Crippen molar-refractivity contribution < 1.29 is 9.53 Å². The van der Waals surface area contributed by atoms with Crippen LogP contribution in [0.1, 0.15) is 41.0 Å². The topological polar surface area (TPSA) is 41.5 Å². The normalized spacial score (nSPS) is 27.5. The fourth-order valence-corrected chi connectivity index (χ4v) is 3.29. The van der Waals surface area contributed by atoms with Gasteiger partial charge in [0.1, 0.15) is 0 Å². The van der Waals surface area contributed by atoms with Crippen LogP contribution < -0.4 is 5.32 Å². The smallest absolute Gasteiger partial charge is 0.192 e. The highest BCUT2D eigenvalue weighted by atomic mass is 28.4. The van der Waals surface area contributed by atoms with E-state index in [2.05, 4.69) is 39.2 Å². The summed E-state index contributed by atoms with van der Waals surface area (Å²) in [5.41, 5.74) is -0.661. The minimum Gasteiger partial charge on any atom is -0.413 e. The van der Waals surface area contributed by atoms with Crippen LogP contribution in [0.3, 0.4) is 0 Å². The lowest BCUT2D eigenvalue weighted by atomic mass is 9.97. The molecule has 0 amide bonds. The van der Waals surface area contributed by atoms with E-state index in [4.69, 9.17) is 4.43 Å². The van der Waals surface area contributed by atoms with E-state index in [-0.39, 0.29) is 17.2 Å². The van der Waals surface area contributed by atoms with Gasteiger partial charge in [0.25, 0.3) is 0 Å².